The number of benzene rings is 1. The van der Waals surface area contributed by atoms with Crippen molar-refractivity contribution >= 4 is 11.6 Å². The number of nitrogens with one attached hydrogen (secondary N) is 1. The lowest BCUT2D eigenvalue weighted by atomic mass is 10.1. The summed E-state index contributed by atoms with van der Waals surface area (Å²) in [5, 5.41) is 6.95. The van der Waals surface area contributed by atoms with Crippen LogP contribution in [-0.2, 0) is 13.6 Å². The van der Waals surface area contributed by atoms with Gasteiger partial charge >= 0.3 is 0 Å². The van der Waals surface area contributed by atoms with Gasteiger partial charge in [0.2, 0.25) is 0 Å². The van der Waals surface area contributed by atoms with Gasteiger partial charge in [-0.05, 0) is 24.3 Å². The minimum Gasteiger partial charge on any atom is -0.497 e. The zero-order valence-corrected chi connectivity index (χ0v) is 10.9. The highest BCUT2D eigenvalue weighted by molar-refractivity contribution is 5.99. The Kier molecular flexibility index (Phi) is 3.70. The van der Waals surface area contributed by atoms with Crippen LogP contribution >= 0.6 is 0 Å². The number of nitrogen functional groups attached to an aromatic ring is 1. The number of amides is 1. The summed E-state index contributed by atoms with van der Waals surface area (Å²) >= 11 is 0. The first-order chi connectivity index (χ1) is 9.10. The number of carbonyl (C=O) groups excluding carboxylic acids is 1. The number of nitrogens with two attached hydrogens (primary N) is 1. The Labute approximate surface area is 111 Å². The molecule has 6 nitrogen and oxygen atoms in total. The highest BCUT2D eigenvalue weighted by atomic mass is 16.5. The Hall–Kier alpha value is -2.50. The average molecular weight is 260 g/mol. The van der Waals surface area contributed by atoms with Crippen molar-refractivity contribution in [1.29, 1.82) is 0 Å². The lowest BCUT2D eigenvalue weighted by Gasteiger charge is -2.08. The quantitative estimate of drug-likeness (QED) is 0.801. The fourth-order valence-corrected chi connectivity index (χ4v) is 1.68. The third-order valence-corrected chi connectivity index (χ3v) is 2.70. The van der Waals surface area contributed by atoms with Crippen LogP contribution in [0, 0.1) is 0 Å². The van der Waals surface area contributed by atoms with Crippen molar-refractivity contribution in [2.45, 2.75) is 6.54 Å². The maximum Gasteiger partial charge on any atom is 0.253 e. The molecule has 2 rings (SSSR count). The molecule has 0 aliphatic heterocycles. The van der Waals surface area contributed by atoms with Gasteiger partial charge in [0.15, 0.2) is 0 Å². The zero-order valence-electron chi connectivity index (χ0n) is 10.9. The van der Waals surface area contributed by atoms with Crippen LogP contribution in [0.5, 0.6) is 5.75 Å². The van der Waals surface area contributed by atoms with Crippen LogP contribution < -0.4 is 15.8 Å². The standard InChI is InChI=1S/C13H16N4O2/c1-17-6-5-9(16-17)8-15-13(18)11-7-10(19-2)3-4-12(11)14/h3-7H,8,14H2,1-2H3,(H,15,18). The largest absolute Gasteiger partial charge is 0.497 e. The van der Waals surface area contributed by atoms with E-state index in [9.17, 15) is 4.79 Å². The first-order valence-electron chi connectivity index (χ1n) is 5.80. The lowest BCUT2D eigenvalue weighted by Crippen LogP contribution is -2.24. The Morgan fingerprint density at radius 1 is 1.47 bits per heavy atom. The Morgan fingerprint density at radius 3 is 2.89 bits per heavy atom. The van der Waals surface area contributed by atoms with Crippen molar-refractivity contribution < 1.29 is 9.53 Å². The van der Waals surface area contributed by atoms with Gasteiger partial charge in [0.1, 0.15) is 5.75 Å². The van der Waals surface area contributed by atoms with E-state index in [1.54, 1.807) is 30.0 Å². The van der Waals surface area contributed by atoms with E-state index in [4.69, 9.17) is 10.5 Å². The molecule has 0 bridgehead atoms. The van der Waals surface area contributed by atoms with Crippen LogP contribution in [0.2, 0.25) is 0 Å². The molecule has 0 unspecified atom stereocenters. The highest BCUT2D eigenvalue weighted by Crippen LogP contribution is 2.19. The van der Waals surface area contributed by atoms with E-state index in [0.29, 0.717) is 23.5 Å². The molecule has 0 aliphatic carbocycles. The van der Waals surface area contributed by atoms with E-state index >= 15 is 0 Å². The predicted molar refractivity (Wildman–Crippen MR) is 71.8 cm³/mol. The molecule has 0 aliphatic rings. The summed E-state index contributed by atoms with van der Waals surface area (Å²) < 4.78 is 6.76. The van der Waals surface area contributed by atoms with Gasteiger partial charge in [-0.2, -0.15) is 5.10 Å². The number of aromatic nitrogens is 2. The topological polar surface area (TPSA) is 82.2 Å². The molecule has 6 heteroatoms. The molecule has 100 valence electrons. The first kappa shape index (κ1) is 12.9. The monoisotopic (exact) mass is 260 g/mol. The van der Waals surface area contributed by atoms with Crippen LogP contribution in [0.15, 0.2) is 30.5 Å². The van der Waals surface area contributed by atoms with Gasteiger partial charge in [0, 0.05) is 18.9 Å². The maximum absolute atomic E-state index is 12.0. The summed E-state index contributed by atoms with van der Waals surface area (Å²) in [6.07, 6.45) is 1.82. The molecule has 1 heterocycles. The maximum atomic E-state index is 12.0. The summed E-state index contributed by atoms with van der Waals surface area (Å²) in [6, 6.07) is 6.82. The van der Waals surface area contributed by atoms with Crippen LogP contribution in [0.4, 0.5) is 5.69 Å². The molecule has 1 amide bonds. The van der Waals surface area contributed by atoms with Crippen molar-refractivity contribution in [1.82, 2.24) is 15.1 Å². The van der Waals surface area contributed by atoms with E-state index in [2.05, 4.69) is 10.4 Å². The van der Waals surface area contributed by atoms with Crippen LogP contribution in [0.25, 0.3) is 0 Å². The van der Waals surface area contributed by atoms with Gasteiger partial charge in [-0.1, -0.05) is 0 Å². The Morgan fingerprint density at radius 2 is 2.26 bits per heavy atom. The van der Waals surface area contributed by atoms with Crippen molar-refractivity contribution in [2.75, 3.05) is 12.8 Å². The second-order valence-corrected chi connectivity index (χ2v) is 4.12. The molecule has 19 heavy (non-hydrogen) atoms. The number of anilines is 1. The smallest absolute Gasteiger partial charge is 0.253 e. The highest BCUT2D eigenvalue weighted by Gasteiger charge is 2.11. The minimum absolute atomic E-state index is 0.248. The Bertz CT molecular complexity index is 592. The molecule has 0 fully saturated rings. The Balaban J connectivity index is 2.07. The summed E-state index contributed by atoms with van der Waals surface area (Å²) in [5.74, 6) is 0.347. The summed E-state index contributed by atoms with van der Waals surface area (Å²) in [4.78, 5) is 12.0. The molecule has 3 N–H and O–H groups in total. The molecule has 1 aromatic heterocycles. The van der Waals surface area contributed by atoms with Crippen molar-refractivity contribution in [3.63, 3.8) is 0 Å². The summed E-state index contributed by atoms with van der Waals surface area (Å²) in [5.41, 5.74) is 7.39. The number of methoxy groups -OCH3 is 1. The lowest BCUT2D eigenvalue weighted by molar-refractivity contribution is 0.0951. The fraction of sp³-hybridized carbons (Fsp3) is 0.231. The molecule has 0 radical (unpaired) electrons. The molecular formula is C13H16N4O2. The van der Waals surface area contributed by atoms with E-state index in [0.717, 1.165) is 5.69 Å². The number of ether oxygens (including phenoxy) is 1. The predicted octanol–water partition coefficient (Wildman–Crippen LogP) is 0.941. The zero-order chi connectivity index (χ0) is 13.8. The van der Waals surface area contributed by atoms with Crippen molar-refractivity contribution in [3.05, 3.63) is 41.7 Å². The number of rotatable bonds is 4. The molecule has 0 spiro atoms. The van der Waals surface area contributed by atoms with E-state index in [1.807, 2.05) is 19.3 Å². The normalized spacial score (nSPS) is 10.2. The second-order valence-electron chi connectivity index (χ2n) is 4.12. The van der Waals surface area contributed by atoms with Gasteiger partial charge < -0.3 is 15.8 Å². The summed E-state index contributed by atoms with van der Waals surface area (Å²) in [7, 11) is 3.37. The van der Waals surface area contributed by atoms with Gasteiger partial charge in [0.25, 0.3) is 5.91 Å². The molecule has 0 atom stereocenters. The van der Waals surface area contributed by atoms with E-state index in [-0.39, 0.29) is 5.91 Å². The molecular weight excluding hydrogens is 244 g/mol. The third kappa shape index (κ3) is 3.04. The minimum atomic E-state index is -0.248. The molecule has 2 aromatic rings. The second kappa shape index (κ2) is 5.43. The van der Waals surface area contributed by atoms with Crippen LogP contribution in [0.3, 0.4) is 0 Å². The summed E-state index contributed by atoms with van der Waals surface area (Å²) in [6.45, 7) is 0.357. The molecule has 0 saturated heterocycles. The van der Waals surface area contributed by atoms with E-state index in [1.165, 1.54) is 0 Å². The number of nitrogens with zero attached hydrogens (tertiary/aromatic N) is 2. The van der Waals surface area contributed by atoms with Gasteiger partial charge in [-0.3, -0.25) is 9.48 Å². The first-order valence-corrected chi connectivity index (χ1v) is 5.80. The fourth-order valence-electron chi connectivity index (χ4n) is 1.68. The van der Waals surface area contributed by atoms with Crippen molar-refractivity contribution in [3.8, 4) is 5.75 Å². The molecule has 1 aromatic carbocycles. The van der Waals surface area contributed by atoms with Gasteiger partial charge in [0.05, 0.1) is 24.9 Å². The average Bonchev–Trinajstić information content (AvgIpc) is 2.82. The number of hydrogen-bond donors (Lipinski definition) is 2. The molecule has 0 saturated carbocycles. The number of aryl methyl sites for hydroxylation is 1. The third-order valence-electron chi connectivity index (χ3n) is 2.70. The van der Waals surface area contributed by atoms with Gasteiger partial charge in [-0.25, -0.2) is 0 Å². The van der Waals surface area contributed by atoms with Crippen LogP contribution in [-0.4, -0.2) is 22.8 Å². The number of carbonyl (C=O) groups is 1. The van der Waals surface area contributed by atoms with Crippen LogP contribution in [0.1, 0.15) is 16.1 Å². The van der Waals surface area contributed by atoms with E-state index < -0.39 is 0 Å². The number of hydrogen-bond acceptors (Lipinski definition) is 4. The van der Waals surface area contributed by atoms with Crippen molar-refractivity contribution in [2.24, 2.45) is 7.05 Å². The SMILES string of the molecule is COc1ccc(N)c(C(=O)NCc2ccn(C)n2)c1. The van der Waals surface area contributed by atoms with Gasteiger partial charge in [-0.15, -0.1) is 0 Å².